The first kappa shape index (κ1) is 27.2. The van der Waals surface area contributed by atoms with Gasteiger partial charge >= 0.3 is 6.18 Å². The summed E-state index contributed by atoms with van der Waals surface area (Å²) in [5, 5.41) is 7.85. The minimum Gasteiger partial charge on any atom is -0.367 e. The number of alkyl halides is 3. The lowest BCUT2D eigenvalue weighted by Gasteiger charge is -2.22. The number of halogens is 4. The molecule has 2 rings (SSSR count). The summed E-state index contributed by atoms with van der Waals surface area (Å²) >= 11 is 0. The van der Waals surface area contributed by atoms with Gasteiger partial charge in [0.25, 0.3) is 0 Å². The molecular formula is C21H31F3IN5O. The monoisotopic (exact) mass is 553 g/mol. The molecule has 0 saturated carbocycles. The van der Waals surface area contributed by atoms with Crippen molar-refractivity contribution < 1.29 is 17.9 Å². The molecule has 6 nitrogen and oxygen atoms in total. The van der Waals surface area contributed by atoms with Crippen LogP contribution in [0.4, 0.5) is 13.2 Å². The third-order valence-electron chi connectivity index (χ3n) is 4.47. The van der Waals surface area contributed by atoms with E-state index >= 15 is 0 Å². The van der Waals surface area contributed by atoms with Gasteiger partial charge in [-0.3, -0.25) is 9.67 Å². The molecule has 0 aliphatic rings. The zero-order valence-corrected chi connectivity index (χ0v) is 20.9. The molecule has 10 heteroatoms. The van der Waals surface area contributed by atoms with Gasteiger partial charge < -0.3 is 15.0 Å². The third kappa shape index (κ3) is 9.06. The third-order valence-corrected chi connectivity index (χ3v) is 4.47. The number of aromatic nitrogens is 2. The lowest BCUT2D eigenvalue weighted by molar-refractivity contribution is -0.176. The van der Waals surface area contributed by atoms with Gasteiger partial charge in [0.05, 0.1) is 12.3 Å². The van der Waals surface area contributed by atoms with Crippen LogP contribution in [0.3, 0.4) is 0 Å². The first-order valence-electron chi connectivity index (χ1n) is 9.75. The molecule has 0 bridgehead atoms. The molecule has 0 amide bonds. The van der Waals surface area contributed by atoms with Crippen molar-refractivity contribution in [3.63, 3.8) is 0 Å². The average molecular weight is 553 g/mol. The van der Waals surface area contributed by atoms with E-state index in [2.05, 4.69) is 34.0 Å². The summed E-state index contributed by atoms with van der Waals surface area (Å²) in [4.78, 5) is 6.37. The highest BCUT2D eigenvalue weighted by Crippen LogP contribution is 2.19. The lowest BCUT2D eigenvalue weighted by atomic mass is 10.1. The fraction of sp³-hybridized carbons (Fsp3) is 0.524. The Balaban J connectivity index is 0.00000480. The van der Waals surface area contributed by atoms with E-state index in [1.165, 1.54) is 0 Å². The molecule has 2 aromatic rings. The van der Waals surface area contributed by atoms with Crippen molar-refractivity contribution in [1.29, 1.82) is 0 Å². The summed E-state index contributed by atoms with van der Waals surface area (Å²) < 4.78 is 42.9. The summed E-state index contributed by atoms with van der Waals surface area (Å²) in [6, 6.07) is 7.27. The van der Waals surface area contributed by atoms with Gasteiger partial charge in [-0.25, -0.2) is 0 Å². The van der Waals surface area contributed by atoms with Crippen molar-refractivity contribution in [2.75, 3.05) is 20.7 Å². The molecular weight excluding hydrogens is 522 g/mol. The Bertz CT molecular complexity index is 835. The van der Waals surface area contributed by atoms with E-state index in [1.807, 2.05) is 42.0 Å². The zero-order valence-electron chi connectivity index (χ0n) is 18.5. The predicted molar refractivity (Wildman–Crippen MR) is 127 cm³/mol. The number of hydrogen-bond donors (Lipinski definition) is 1. The molecule has 174 valence electrons. The normalized spacial score (nSPS) is 12.1. The number of aliphatic imine (C=N–C) groups is 1. The van der Waals surface area contributed by atoms with E-state index in [9.17, 15) is 13.2 Å². The molecule has 1 heterocycles. The standard InChI is InChI=1S/C21H30F3N5O.HI/c1-15(2)19-18(12-29(5)27-19)11-28(4)20(25-3)26-10-16-6-8-17(9-7-16)13-30-14-21(22,23)24;/h6-9,12,15H,10-11,13-14H2,1-5H3,(H,25,26);1H. The van der Waals surface area contributed by atoms with Crippen LogP contribution in [0.25, 0.3) is 0 Å². The minimum atomic E-state index is -4.31. The summed E-state index contributed by atoms with van der Waals surface area (Å²) in [6.07, 6.45) is -2.28. The maximum absolute atomic E-state index is 12.1. The van der Waals surface area contributed by atoms with E-state index < -0.39 is 12.8 Å². The number of nitrogens with zero attached hydrogens (tertiary/aromatic N) is 4. The van der Waals surface area contributed by atoms with E-state index in [-0.39, 0.29) is 30.6 Å². The summed E-state index contributed by atoms with van der Waals surface area (Å²) in [5.74, 6) is 1.08. The second-order valence-corrected chi connectivity index (χ2v) is 7.55. The van der Waals surface area contributed by atoms with Crippen LogP contribution in [-0.4, -0.2) is 47.5 Å². The number of ether oxygens (including phenoxy) is 1. The molecule has 0 saturated heterocycles. The Morgan fingerprint density at radius 3 is 2.39 bits per heavy atom. The topological polar surface area (TPSA) is 54.7 Å². The van der Waals surface area contributed by atoms with Crippen LogP contribution >= 0.6 is 24.0 Å². The average Bonchev–Trinajstić information content (AvgIpc) is 3.03. The molecule has 0 spiro atoms. The van der Waals surface area contributed by atoms with E-state index in [0.717, 1.165) is 22.8 Å². The van der Waals surface area contributed by atoms with Gasteiger partial charge in [0.1, 0.15) is 6.61 Å². The zero-order chi connectivity index (χ0) is 22.3. The van der Waals surface area contributed by atoms with Crippen LogP contribution < -0.4 is 5.32 Å². The first-order valence-corrected chi connectivity index (χ1v) is 9.75. The van der Waals surface area contributed by atoms with Gasteiger partial charge in [-0.1, -0.05) is 38.1 Å². The highest BCUT2D eigenvalue weighted by atomic mass is 127. The second-order valence-electron chi connectivity index (χ2n) is 7.55. The summed E-state index contributed by atoms with van der Waals surface area (Å²) in [6.45, 7) is 4.16. The molecule has 1 aromatic heterocycles. The number of nitrogens with one attached hydrogen (secondary N) is 1. The van der Waals surface area contributed by atoms with Gasteiger partial charge in [0, 0.05) is 46.0 Å². The van der Waals surface area contributed by atoms with Crippen LogP contribution in [0, 0.1) is 0 Å². The van der Waals surface area contributed by atoms with Crippen molar-refractivity contribution in [1.82, 2.24) is 20.0 Å². The maximum atomic E-state index is 12.1. The van der Waals surface area contributed by atoms with E-state index in [1.54, 1.807) is 19.2 Å². The number of benzene rings is 1. The molecule has 0 aliphatic carbocycles. The predicted octanol–water partition coefficient (Wildman–Crippen LogP) is 4.45. The maximum Gasteiger partial charge on any atom is 0.411 e. The molecule has 0 unspecified atom stereocenters. The molecule has 0 fully saturated rings. The molecule has 0 aliphatic heterocycles. The quantitative estimate of drug-likeness (QED) is 0.298. The van der Waals surface area contributed by atoms with Gasteiger partial charge in [-0.05, 0) is 17.0 Å². The minimum absolute atomic E-state index is 0. The fourth-order valence-corrected chi connectivity index (χ4v) is 3.10. The van der Waals surface area contributed by atoms with E-state index in [4.69, 9.17) is 0 Å². The Morgan fingerprint density at radius 1 is 1.23 bits per heavy atom. The highest BCUT2D eigenvalue weighted by Gasteiger charge is 2.27. The fourth-order valence-electron chi connectivity index (χ4n) is 3.10. The van der Waals surface area contributed by atoms with Gasteiger partial charge in [-0.2, -0.15) is 18.3 Å². The highest BCUT2D eigenvalue weighted by molar-refractivity contribution is 14.0. The Morgan fingerprint density at radius 2 is 1.84 bits per heavy atom. The van der Waals surface area contributed by atoms with E-state index in [0.29, 0.717) is 24.6 Å². The molecule has 1 N–H and O–H groups in total. The number of aryl methyl sites for hydroxylation is 1. The second kappa shape index (κ2) is 12.3. The summed E-state index contributed by atoms with van der Waals surface area (Å²) in [7, 11) is 5.61. The largest absolute Gasteiger partial charge is 0.411 e. The molecule has 0 atom stereocenters. The van der Waals surface area contributed by atoms with Gasteiger partial charge in [0.2, 0.25) is 0 Å². The molecule has 31 heavy (non-hydrogen) atoms. The van der Waals surface area contributed by atoms with Crippen LogP contribution in [0.1, 0.15) is 42.1 Å². The number of hydrogen-bond acceptors (Lipinski definition) is 3. The van der Waals surface area contributed by atoms with Crippen molar-refractivity contribution in [2.45, 2.75) is 45.6 Å². The number of rotatable bonds is 8. The van der Waals surface area contributed by atoms with Crippen molar-refractivity contribution in [3.05, 3.63) is 52.8 Å². The Labute approximate surface area is 198 Å². The summed E-state index contributed by atoms with van der Waals surface area (Å²) in [5.41, 5.74) is 3.92. The Hall–Kier alpha value is -1.82. The van der Waals surface area contributed by atoms with Crippen molar-refractivity contribution in [2.24, 2.45) is 12.0 Å². The SMILES string of the molecule is CN=C(NCc1ccc(COCC(F)(F)F)cc1)N(C)Cc1cn(C)nc1C(C)C.I. The van der Waals surface area contributed by atoms with Gasteiger partial charge in [-0.15, -0.1) is 24.0 Å². The van der Waals surface area contributed by atoms with Crippen LogP contribution in [0.15, 0.2) is 35.5 Å². The van der Waals surface area contributed by atoms with Crippen LogP contribution in [0.2, 0.25) is 0 Å². The first-order chi connectivity index (χ1) is 14.1. The number of guanidine groups is 1. The van der Waals surface area contributed by atoms with Gasteiger partial charge in [0.15, 0.2) is 5.96 Å². The molecule has 0 radical (unpaired) electrons. The van der Waals surface area contributed by atoms with Crippen LogP contribution in [-0.2, 0) is 31.5 Å². The lowest BCUT2D eigenvalue weighted by Crippen LogP contribution is -2.38. The Kier molecular flexibility index (Phi) is 10.8. The van der Waals surface area contributed by atoms with Crippen molar-refractivity contribution >= 4 is 29.9 Å². The smallest absolute Gasteiger partial charge is 0.367 e. The van der Waals surface area contributed by atoms with Crippen LogP contribution in [0.5, 0.6) is 0 Å². The van der Waals surface area contributed by atoms with Crippen molar-refractivity contribution in [3.8, 4) is 0 Å². The molecule has 1 aromatic carbocycles.